The van der Waals surface area contributed by atoms with Crippen molar-refractivity contribution in [1.29, 1.82) is 5.41 Å². The van der Waals surface area contributed by atoms with E-state index in [0.29, 0.717) is 22.6 Å². The van der Waals surface area contributed by atoms with Crippen LogP contribution in [0.4, 0.5) is 22.7 Å². The molecule has 24 heteroatoms. The summed E-state index contributed by atoms with van der Waals surface area (Å²) in [5, 5.41) is 21.0. The van der Waals surface area contributed by atoms with Crippen LogP contribution in [0.5, 0.6) is 0 Å². The van der Waals surface area contributed by atoms with Gasteiger partial charge in [-0.2, -0.15) is 0 Å². The number of H-pyrrole nitrogens is 1. The zero-order chi connectivity index (χ0) is 46.6. The van der Waals surface area contributed by atoms with Gasteiger partial charge in [-0.15, -0.1) is 0 Å². The zero-order valence-corrected chi connectivity index (χ0v) is 36.9. The summed E-state index contributed by atoms with van der Waals surface area (Å²) in [7, 11) is 2.46. The minimum atomic E-state index is -4.06. The molecule has 0 saturated heterocycles. The summed E-state index contributed by atoms with van der Waals surface area (Å²) in [6, 6.07) is 5.93. The van der Waals surface area contributed by atoms with Crippen LogP contribution in [0.25, 0.3) is 0 Å². The van der Waals surface area contributed by atoms with E-state index in [-0.39, 0.29) is 53.9 Å². The molecule has 5 aromatic heterocycles. The highest BCUT2D eigenvalue weighted by Crippen LogP contribution is 2.49. The Balaban J connectivity index is 1.05. The van der Waals surface area contributed by atoms with Gasteiger partial charge in [-0.05, 0) is 51.1 Å². The maximum Gasteiger partial charge on any atom is 0.433 e. The van der Waals surface area contributed by atoms with Crippen LogP contribution < -0.4 is 43.3 Å². The van der Waals surface area contributed by atoms with Crippen LogP contribution in [0.2, 0.25) is 0 Å². The Morgan fingerprint density at radius 3 is 1.73 bits per heavy atom. The van der Waals surface area contributed by atoms with Gasteiger partial charge < -0.3 is 50.0 Å². The van der Waals surface area contributed by atoms with Crippen LogP contribution >= 0.6 is 7.75 Å². The van der Waals surface area contributed by atoms with Gasteiger partial charge in [0.15, 0.2) is 6.23 Å². The normalized spacial score (nSPS) is 15.5. The van der Waals surface area contributed by atoms with Crippen LogP contribution in [-0.4, -0.2) is 82.6 Å². The van der Waals surface area contributed by atoms with E-state index in [1.807, 2.05) is 0 Å². The first-order chi connectivity index (χ1) is 30.2. The highest BCUT2D eigenvalue weighted by molar-refractivity contribution is 7.55. The second-order valence-electron chi connectivity index (χ2n) is 15.3. The number of hydrogen-bond acceptors (Lipinski definition) is 11. The summed E-state index contributed by atoms with van der Waals surface area (Å²) in [6.45, 7) is 4.87. The average molecular weight is 904 g/mol. The van der Waals surface area contributed by atoms with Crippen LogP contribution in [0.3, 0.4) is 0 Å². The van der Waals surface area contributed by atoms with E-state index < -0.39 is 61.1 Å². The zero-order valence-electron chi connectivity index (χ0n) is 36.0. The predicted molar refractivity (Wildman–Crippen MR) is 237 cm³/mol. The summed E-state index contributed by atoms with van der Waals surface area (Å²) < 4.78 is 38.6. The maximum atomic E-state index is 13.9. The third-order valence-corrected chi connectivity index (χ3v) is 11.4. The molecule has 1 unspecified atom stereocenters. The number of hydrogen-bond donors (Lipinski definition) is 8. The first-order valence-electron chi connectivity index (χ1n) is 19.8. The van der Waals surface area contributed by atoms with Gasteiger partial charge in [-0.1, -0.05) is 6.08 Å². The molecule has 6 heterocycles. The molecule has 4 amide bonds. The molecule has 340 valence electrons. The second kappa shape index (κ2) is 19.0. The van der Waals surface area contributed by atoms with Crippen molar-refractivity contribution in [1.82, 2.24) is 33.1 Å². The Bertz CT molecular complexity index is 2820. The van der Waals surface area contributed by atoms with Crippen LogP contribution in [0.1, 0.15) is 74.0 Å². The standard InChI is InChI=1S/C40H50N13O10P/c1-22(2)63-64(60,61-21-28-8-9-34(62-28)53-16-23(3)35(54)47-40(53)59)48-27-15-32(52(7)20-27)39(58)46-26-14-31(51(6)19-26)38(57)45-25-13-30(50(5)18-25)37(56)44-24-12-29(49(4)17-24)36(55)43-11-10-33(41)42/h8-9,12-20,22,28,34H,10-11,21H2,1-7H3,(H3,41,42)(H,43,55)(H,44,56)(H,45,57)(H,46,58)(H,48,60)(H,47,54,59)/t28-,34+,64?/m0/s1. The molecule has 0 aliphatic carbocycles. The fourth-order valence-electron chi connectivity index (χ4n) is 6.63. The number of nitrogens with zero attached hydrogens (tertiary/aromatic N) is 5. The molecule has 5 aromatic rings. The van der Waals surface area contributed by atoms with E-state index >= 15 is 0 Å². The Morgan fingerprint density at radius 1 is 0.781 bits per heavy atom. The summed E-state index contributed by atoms with van der Waals surface area (Å²) >= 11 is 0. The number of carbonyl (C=O) groups excluding carboxylic acids is 4. The first kappa shape index (κ1) is 46.3. The van der Waals surface area contributed by atoms with Gasteiger partial charge in [0, 0.05) is 77.7 Å². The lowest BCUT2D eigenvalue weighted by Gasteiger charge is -2.23. The van der Waals surface area contributed by atoms with Crippen molar-refractivity contribution in [2.45, 2.75) is 45.6 Å². The van der Waals surface area contributed by atoms with Crippen LogP contribution in [0, 0.1) is 12.3 Å². The molecule has 0 aromatic carbocycles. The average Bonchev–Trinajstić information content (AvgIpc) is 4.04. The van der Waals surface area contributed by atoms with E-state index in [1.54, 1.807) is 84.3 Å². The number of anilines is 4. The third kappa shape index (κ3) is 11.1. The van der Waals surface area contributed by atoms with Crippen molar-refractivity contribution >= 4 is 60.0 Å². The van der Waals surface area contributed by atoms with E-state index in [1.165, 1.54) is 54.9 Å². The number of ether oxygens (including phenoxy) is 1. The lowest BCUT2D eigenvalue weighted by Crippen LogP contribution is -2.33. The monoisotopic (exact) mass is 903 g/mol. The molecule has 0 radical (unpaired) electrons. The van der Waals surface area contributed by atoms with Crippen LogP contribution in [0.15, 0.2) is 77.0 Å². The highest BCUT2D eigenvalue weighted by atomic mass is 31.2. The van der Waals surface area contributed by atoms with Gasteiger partial charge in [0.2, 0.25) is 0 Å². The van der Waals surface area contributed by atoms with Gasteiger partial charge >= 0.3 is 13.4 Å². The third-order valence-electron chi connectivity index (χ3n) is 9.65. The van der Waals surface area contributed by atoms with Crippen molar-refractivity contribution in [3.8, 4) is 0 Å². The Kier molecular flexibility index (Phi) is 13.8. The number of aromatic nitrogens is 6. The quantitative estimate of drug-likeness (QED) is 0.0272. The number of amides is 4. The topological polar surface area (TPSA) is 298 Å². The molecule has 23 nitrogen and oxygen atoms in total. The summed E-state index contributed by atoms with van der Waals surface area (Å²) in [6.07, 6.45) is 8.96. The Morgan fingerprint density at radius 2 is 1.25 bits per heavy atom. The molecule has 1 aliphatic rings. The number of nitrogens with one attached hydrogen (secondary N) is 7. The molecular weight excluding hydrogens is 853 g/mol. The SMILES string of the molecule is Cc1cn([C@H]2C=C[C@@H](COP(=O)(Nc3cc(C(=O)Nc4cc(C(=O)Nc5cc(C(=O)Nc6cc(C(=O)NCCC(=N)N)n(C)c6)n(C)c5)n(C)c4)n(C)c3)OC(C)C)O2)c(=O)[nH]c1=O. The largest absolute Gasteiger partial charge is 0.433 e. The smallest absolute Gasteiger partial charge is 0.388 e. The molecule has 0 bridgehead atoms. The minimum Gasteiger partial charge on any atom is -0.388 e. The Labute approximate surface area is 365 Å². The minimum absolute atomic E-state index is 0.0502. The van der Waals surface area contributed by atoms with E-state index in [9.17, 15) is 33.3 Å². The number of carbonyl (C=O) groups is 4. The molecule has 9 N–H and O–H groups in total. The maximum absolute atomic E-state index is 13.9. The number of rotatable bonds is 18. The number of amidine groups is 1. The van der Waals surface area contributed by atoms with Gasteiger partial charge in [-0.3, -0.25) is 53.1 Å². The molecule has 1 aliphatic heterocycles. The fourth-order valence-corrected chi connectivity index (χ4v) is 8.14. The molecule has 0 fully saturated rings. The van der Waals surface area contributed by atoms with E-state index in [0.717, 1.165) is 0 Å². The highest BCUT2D eigenvalue weighted by Gasteiger charge is 2.31. The fraction of sp³-hybridized carbons (Fsp3) is 0.325. The Hall–Kier alpha value is -7.20. The van der Waals surface area contributed by atoms with Gasteiger partial charge in [0.05, 0.1) is 41.3 Å². The van der Waals surface area contributed by atoms with Crippen molar-refractivity contribution in [3.63, 3.8) is 0 Å². The molecule has 64 heavy (non-hydrogen) atoms. The predicted octanol–water partition coefficient (Wildman–Crippen LogP) is 3.13. The van der Waals surface area contributed by atoms with Crippen molar-refractivity contribution in [2.75, 3.05) is 34.2 Å². The number of aryl methyl sites for hydroxylation is 5. The molecule has 0 saturated carbocycles. The van der Waals surface area contributed by atoms with Crippen molar-refractivity contribution < 1.29 is 37.5 Å². The second-order valence-corrected chi connectivity index (χ2v) is 17.0. The summed E-state index contributed by atoms with van der Waals surface area (Å²) in [4.78, 5) is 79.0. The van der Waals surface area contributed by atoms with Gasteiger partial charge in [0.1, 0.15) is 28.9 Å². The molecule has 6 rings (SSSR count). The summed E-state index contributed by atoms with van der Waals surface area (Å²) in [5.41, 5.74) is 6.61. The first-order valence-corrected chi connectivity index (χ1v) is 21.3. The lowest BCUT2D eigenvalue weighted by atomic mass is 10.3. The summed E-state index contributed by atoms with van der Waals surface area (Å²) in [5.74, 6) is -2.01. The van der Waals surface area contributed by atoms with E-state index in [2.05, 4.69) is 31.3 Å². The molecule has 3 atom stereocenters. The number of aromatic amines is 1. The van der Waals surface area contributed by atoms with Gasteiger partial charge in [0.25, 0.3) is 29.2 Å². The van der Waals surface area contributed by atoms with Gasteiger partial charge in [-0.25, -0.2) is 9.36 Å². The lowest BCUT2D eigenvalue weighted by molar-refractivity contribution is -0.00891. The van der Waals surface area contributed by atoms with Crippen LogP contribution in [-0.2, 0) is 46.5 Å². The molecule has 0 spiro atoms. The molecular formula is C40H50N13O10P. The van der Waals surface area contributed by atoms with E-state index in [4.69, 9.17) is 24.9 Å². The van der Waals surface area contributed by atoms with Crippen molar-refractivity contribution in [3.05, 3.63) is 117 Å². The number of nitrogens with two attached hydrogens (primary N) is 1. The van der Waals surface area contributed by atoms with Crippen molar-refractivity contribution in [2.24, 2.45) is 33.9 Å².